The van der Waals surface area contributed by atoms with E-state index in [1.165, 1.54) is 6.26 Å². The molecule has 0 aliphatic carbocycles. The SMILES string of the molecule is Cc1ncc(CN(C)C(=O)c2coc(CN)c2)s1.Cl.Cl. The molecule has 0 spiro atoms. The van der Waals surface area contributed by atoms with Gasteiger partial charge in [-0.2, -0.15) is 0 Å². The molecule has 2 heterocycles. The zero-order valence-electron chi connectivity index (χ0n) is 11.2. The molecule has 20 heavy (non-hydrogen) atoms. The lowest BCUT2D eigenvalue weighted by molar-refractivity contribution is 0.0785. The van der Waals surface area contributed by atoms with Crippen LogP contribution in [0.3, 0.4) is 0 Å². The van der Waals surface area contributed by atoms with Crippen molar-refractivity contribution in [2.24, 2.45) is 5.73 Å². The summed E-state index contributed by atoms with van der Waals surface area (Å²) in [4.78, 5) is 19.0. The summed E-state index contributed by atoms with van der Waals surface area (Å²) >= 11 is 1.59. The van der Waals surface area contributed by atoms with Crippen LogP contribution in [0.1, 0.15) is 26.0 Å². The third-order valence-electron chi connectivity index (χ3n) is 2.51. The fourth-order valence-corrected chi connectivity index (χ4v) is 2.45. The van der Waals surface area contributed by atoms with Gasteiger partial charge in [-0.1, -0.05) is 0 Å². The van der Waals surface area contributed by atoms with Gasteiger partial charge in [-0.25, -0.2) is 4.98 Å². The standard InChI is InChI=1S/C12H15N3O2S.2ClH/c1-8-14-5-11(18-8)6-15(2)12(16)9-3-10(4-13)17-7-9;;/h3,5,7H,4,6,13H2,1-2H3;2*1H. The highest BCUT2D eigenvalue weighted by atomic mass is 35.5. The molecule has 112 valence electrons. The first kappa shape index (κ1) is 18.9. The number of carbonyl (C=O) groups excluding carboxylic acids is 1. The molecule has 1 amide bonds. The van der Waals surface area contributed by atoms with E-state index in [9.17, 15) is 4.79 Å². The third-order valence-corrected chi connectivity index (χ3v) is 3.41. The number of hydrogen-bond acceptors (Lipinski definition) is 5. The molecule has 0 radical (unpaired) electrons. The summed E-state index contributed by atoms with van der Waals surface area (Å²) in [6.07, 6.45) is 3.24. The minimum atomic E-state index is -0.0792. The summed E-state index contributed by atoms with van der Waals surface area (Å²) in [5.74, 6) is 0.532. The van der Waals surface area contributed by atoms with Crippen LogP contribution in [-0.4, -0.2) is 22.8 Å². The van der Waals surface area contributed by atoms with E-state index in [0.717, 1.165) is 9.88 Å². The lowest BCUT2D eigenvalue weighted by Gasteiger charge is -2.14. The van der Waals surface area contributed by atoms with Gasteiger partial charge in [-0.3, -0.25) is 4.79 Å². The normalized spacial score (nSPS) is 9.55. The fourth-order valence-electron chi connectivity index (χ4n) is 1.60. The zero-order valence-corrected chi connectivity index (χ0v) is 13.6. The Labute approximate surface area is 134 Å². The van der Waals surface area contributed by atoms with E-state index in [1.807, 2.05) is 6.92 Å². The van der Waals surface area contributed by atoms with E-state index in [2.05, 4.69) is 4.98 Å². The number of nitrogens with two attached hydrogens (primary N) is 1. The number of rotatable bonds is 4. The molecule has 8 heteroatoms. The molecule has 0 fully saturated rings. The summed E-state index contributed by atoms with van der Waals surface area (Å²) in [7, 11) is 1.76. The molecular formula is C12H17Cl2N3O2S. The predicted octanol–water partition coefficient (Wildman–Crippen LogP) is 2.62. The molecule has 0 aliphatic rings. The highest BCUT2D eigenvalue weighted by molar-refractivity contribution is 7.11. The van der Waals surface area contributed by atoms with Gasteiger partial charge in [0.25, 0.3) is 5.91 Å². The highest BCUT2D eigenvalue weighted by Gasteiger charge is 2.15. The number of thiazole rings is 1. The number of amides is 1. The first-order valence-electron chi connectivity index (χ1n) is 5.54. The van der Waals surface area contributed by atoms with Crippen LogP contribution in [0, 0.1) is 6.92 Å². The van der Waals surface area contributed by atoms with Gasteiger partial charge < -0.3 is 15.1 Å². The summed E-state index contributed by atoms with van der Waals surface area (Å²) < 4.78 is 5.16. The maximum atomic E-state index is 12.1. The van der Waals surface area contributed by atoms with Crippen molar-refractivity contribution in [1.82, 2.24) is 9.88 Å². The molecule has 0 saturated carbocycles. The summed E-state index contributed by atoms with van der Waals surface area (Å²) in [5.41, 5.74) is 5.97. The van der Waals surface area contributed by atoms with Crippen molar-refractivity contribution in [2.75, 3.05) is 7.05 Å². The first-order chi connectivity index (χ1) is 8.60. The van der Waals surface area contributed by atoms with E-state index in [4.69, 9.17) is 10.2 Å². The van der Waals surface area contributed by atoms with E-state index in [1.54, 1.807) is 35.5 Å². The number of aromatic nitrogens is 1. The third kappa shape index (κ3) is 4.49. The van der Waals surface area contributed by atoms with Crippen molar-refractivity contribution in [3.63, 3.8) is 0 Å². The van der Waals surface area contributed by atoms with Gasteiger partial charge in [0, 0.05) is 18.1 Å². The summed E-state index contributed by atoms with van der Waals surface area (Å²) in [6.45, 7) is 2.79. The smallest absolute Gasteiger partial charge is 0.257 e. The van der Waals surface area contributed by atoms with Crippen LogP contribution in [0.5, 0.6) is 0 Å². The van der Waals surface area contributed by atoms with Crippen molar-refractivity contribution < 1.29 is 9.21 Å². The Morgan fingerprint density at radius 3 is 2.70 bits per heavy atom. The quantitative estimate of drug-likeness (QED) is 0.930. The second-order valence-corrected chi connectivity index (χ2v) is 5.33. The lowest BCUT2D eigenvalue weighted by atomic mass is 10.2. The van der Waals surface area contributed by atoms with Gasteiger partial charge in [0.05, 0.1) is 23.7 Å². The molecule has 0 saturated heterocycles. The Balaban J connectivity index is 0.00000180. The van der Waals surface area contributed by atoms with Gasteiger partial charge in [-0.05, 0) is 13.0 Å². The van der Waals surface area contributed by atoms with Crippen molar-refractivity contribution in [1.29, 1.82) is 0 Å². The molecule has 0 aromatic carbocycles. The van der Waals surface area contributed by atoms with E-state index < -0.39 is 0 Å². The number of nitrogens with zero attached hydrogens (tertiary/aromatic N) is 2. The number of carbonyl (C=O) groups is 1. The van der Waals surface area contributed by atoms with Crippen molar-refractivity contribution >= 4 is 42.1 Å². The molecule has 0 atom stereocenters. The molecule has 0 aliphatic heterocycles. The van der Waals surface area contributed by atoms with Gasteiger partial charge in [0.1, 0.15) is 12.0 Å². The highest BCUT2D eigenvalue weighted by Crippen LogP contribution is 2.16. The Morgan fingerprint density at radius 2 is 2.20 bits per heavy atom. The molecule has 2 N–H and O–H groups in total. The van der Waals surface area contributed by atoms with E-state index in [0.29, 0.717) is 24.4 Å². The van der Waals surface area contributed by atoms with Crippen molar-refractivity contribution in [3.05, 3.63) is 39.7 Å². The fraction of sp³-hybridized carbons (Fsp3) is 0.333. The second kappa shape index (κ2) is 8.26. The minimum Gasteiger partial charge on any atom is -0.467 e. The maximum absolute atomic E-state index is 12.1. The second-order valence-electron chi connectivity index (χ2n) is 4.01. The largest absolute Gasteiger partial charge is 0.467 e. The van der Waals surface area contributed by atoms with Gasteiger partial charge in [0.15, 0.2) is 0 Å². The lowest BCUT2D eigenvalue weighted by Crippen LogP contribution is -2.25. The molecule has 0 unspecified atom stereocenters. The Kier molecular flexibility index (Phi) is 7.82. The van der Waals surface area contributed by atoms with Crippen LogP contribution in [-0.2, 0) is 13.1 Å². The number of halogens is 2. The topological polar surface area (TPSA) is 72.4 Å². The van der Waals surface area contributed by atoms with Gasteiger partial charge in [0.2, 0.25) is 0 Å². The Bertz CT molecular complexity index is 556. The number of furan rings is 1. The van der Waals surface area contributed by atoms with Crippen LogP contribution in [0.15, 0.2) is 22.9 Å². The Morgan fingerprint density at radius 1 is 1.50 bits per heavy atom. The van der Waals surface area contributed by atoms with E-state index >= 15 is 0 Å². The summed E-state index contributed by atoms with van der Waals surface area (Å²) in [5, 5.41) is 1.000. The van der Waals surface area contributed by atoms with E-state index in [-0.39, 0.29) is 30.7 Å². The van der Waals surface area contributed by atoms with Gasteiger partial charge >= 0.3 is 0 Å². The maximum Gasteiger partial charge on any atom is 0.257 e. The van der Waals surface area contributed by atoms with Crippen molar-refractivity contribution in [2.45, 2.75) is 20.0 Å². The zero-order chi connectivity index (χ0) is 13.1. The predicted molar refractivity (Wildman–Crippen MR) is 83.7 cm³/mol. The van der Waals surface area contributed by atoms with Crippen LogP contribution in [0.2, 0.25) is 0 Å². The number of hydrogen-bond donors (Lipinski definition) is 1. The van der Waals surface area contributed by atoms with Crippen LogP contribution < -0.4 is 5.73 Å². The van der Waals surface area contributed by atoms with Crippen LogP contribution in [0.25, 0.3) is 0 Å². The molecular weight excluding hydrogens is 321 g/mol. The molecule has 5 nitrogen and oxygen atoms in total. The number of aryl methyl sites for hydroxylation is 1. The van der Waals surface area contributed by atoms with Crippen LogP contribution >= 0.6 is 36.2 Å². The average molecular weight is 338 g/mol. The molecule has 2 aromatic rings. The first-order valence-corrected chi connectivity index (χ1v) is 6.36. The average Bonchev–Trinajstić information content (AvgIpc) is 2.97. The summed E-state index contributed by atoms with van der Waals surface area (Å²) in [6, 6.07) is 1.68. The Hall–Kier alpha value is -1.08. The van der Waals surface area contributed by atoms with Crippen molar-refractivity contribution in [3.8, 4) is 0 Å². The minimum absolute atomic E-state index is 0. The van der Waals surface area contributed by atoms with Gasteiger partial charge in [-0.15, -0.1) is 36.2 Å². The molecule has 2 aromatic heterocycles. The molecule has 0 bridgehead atoms. The monoisotopic (exact) mass is 337 g/mol. The molecule has 2 rings (SSSR count). The van der Waals surface area contributed by atoms with Crippen LogP contribution in [0.4, 0.5) is 0 Å².